The Balaban J connectivity index is 1.77. The summed E-state index contributed by atoms with van der Waals surface area (Å²) >= 11 is 6.01. The Morgan fingerprint density at radius 3 is 2.23 bits per heavy atom. The number of carbonyl (C=O) groups is 1. The summed E-state index contributed by atoms with van der Waals surface area (Å²) in [6.45, 7) is 0. The third kappa shape index (κ3) is 4.17. The number of non-ortho nitro benzene ring substituents is 1. The molecule has 154 valence electrons. The molecule has 0 aliphatic carbocycles. The van der Waals surface area contributed by atoms with Gasteiger partial charge in [0.25, 0.3) is 11.6 Å². The van der Waals surface area contributed by atoms with Crippen molar-refractivity contribution in [2.75, 3.05) is 12.0 Å². The molecule has 8 heteroatoms. The monoisotopic (exact) mass is 433 g/mol. The molecule has 0 bridgehead atoms. The number of nitro groups is 1. The summed E-state index contributed by atoms with van der Waals surface area (Å²) in [5.41, 5.74) is 2.18. The Bertz CT molecular complexity index is 1200. The first-order valence-electron chi connectivity index (χ1n) is 9.25. The number of ether oxygens (including phenoxy) is 1. The minimum absolute atomic E-state index is 0.0230. The van der Waals surface area contributed by atoms with Gasteiger partial charge in [-0.05, 0) is 72.3 Å². The standard InChI is InChI=1S/C23H16ClN3O4/c1-31-20-12-10-18(11-13-20)26-22(16-4-6-17(24)7-5-16)25-21(23(26)28)14-15-2-8-19(9-3-15)27(29)30/h2-14H,1H3/b21-14+. The number of nitro benzene ring substituents is 1. The molecule has 7 nitrogen and oxygen atoms in total. The summed E-state index contributed by atoms with van der Waals surface area (Å²) in [7, 11) is 1.57. The van der Waals surface area contributed by atoms with E-state index in [4.69, 9.17) is 16.3 Å². The van der Waals surface area contributed by atoms with E-state index in [-0.39, 0.29) is 17.3 Å². The Morgan fingerprint density at radius 1 is 1.00 bits per heavy atom. The van der Waals surface area contributed by atoms with Crippen LogP contribution in [0.3, 0.4) is 0 Å². The zero-order valence-electron chi connectivity index (χ0n) is 16.4. The van der Waals surface area contributed by atoms with Crippen LogP contribution in [-0.2, 0) is 4.79 Å². The highest BCUT2D eigenvalue weighted by Crippen LogP contribution is 2.29. The van der Waals surface area contributed by atoms with Crippen LogP contribution in [0.15, 0.2) is 83.5 Å². The van der Waals surface area contributed by atoms with Gasteiger partial charge in [0.2, 0.25) is 0 Å². The molecule has 3 aromatic carbocycles. The maximum Gasteiger partial charge on any atom is 0.282 e. The van der Waals surface area contributed by atoms with Crippen LogP contribution in [0.2, 0.25) is 5.02 Å². The molecule has 3 aromatic rings. The summed E-state index contributed by atoms with van der Waals surface area (Å²) in [4.78, 5) is 29.7. The number of aliphatic imine (C=N–C) groups is 1. The van der Waals surface area contributed by atoms with Crippen molar-refractivity contribution < 1.29 is 14.5 Å². The number of hydrogen-bond donors (Lipinski definition) is 0. The lowest BCUT2D eigenvalue weighted by Gasteiger charge is -2.19. The molecule has 0 atom stereocenters. The lowest BCUT2D eigenvalue weighted by molar-refractivity contribution is -0.384. The zero-order chi connectivity index (χ0) is 22.0. The molecule has 0 saturated carbocycles. The van der Waals surface area contributed by atoms with Gasteiger partial charge >= 0.3 is 0 Å². The number of amides is 1. The van der Waals surface area contributed by atoms with E-state index in [1.807, 2.05) is 0 Å². The molecule has 1 amide bonds. The highest BCUT2D eigenvalue weighted by molar-refractivity contribution is 6.34. The quantitative estimate of drug-likeness (QED) is 0.318. The topological polar surface area (TPSA) is 85.0 Å². The molecule has 0 N–H and O–H groups in total. The maximum atomic E-state index is 13.3. The number of nitrogens with zero attached hydrogens (tertiary/aromatic N) is 3. The van der Waals surface area contributed by atoms with Crippen LogP contribution >= 0.6 is 11.6 Å². The van der Waals surface area contributed by atoms with E-state index < -0.39 is 4.92 Å². The summed E-state index contributed by atoms with van der Waals surface area (Å²) in [5, 5.41) is 11.4. The third-order valence-corrected chi connectivity index (χ3v) is 4.95. The van der Waals surface area contributed by atoms with Crippen LogP contribution < -0.4 is 9.64 Å². The lowest BCUT2D eigenvalue weighted by Crippen LogP contribution is -2.32. The van der Waals surface area contributed by atoms with Gasteiger partial charge in [-0.25, -0.2) is 4.99 Å². The van der Waals surface area contributed by atoms with Crippen LogP contribution in [0.25, 0.3) is 6.08 Å². The van der Waals surface area contributed by atoms with E-state index in [2.05, 4.69) is 4.99 Å². The number of methoxy groups -OCH3 is 1. The largest absolute Gasteiger partial charge is 0.497 e. The molecule has 0 fully saturated rings. The second kappa shape index (κ2) is 8.41. The second-order valence-electron chi connectivity index (χ2n) is 6.66. The summed E-state index contributed by atoms with van der Waals surface area (Å²) < 4.78 is 5.20. The van der Waals surface area contributed by atoms with Crippen molar-refractivity contribution in [2.45, 2.75) is 0 Å². The molecule has 0 spiro atoms. The van der Waals surface area contributed by atoms with E-state index in [0.717, 1.165) is 5.56 Å². The molecule has 4 rings (SSSR count). The van der Waals surface area contributed by atoms with Crippen LogP contribution in [0.1, 0.15) is 11.1 Å². The number of anilines is 1. The van der Waals surface area contributed by atoms with Crippen molar-refractivity contribution >= 4 is 40.8 Å². The van der Waals surface area contributed by atoms with Crippen LogP contribution in [0.5, 0.6) is 5.75 Å². The van der Waals surface area contributed by atoms with Crippen molar-refractivity contribution in [3.05, 3.63) is 105 Å². The van der Waals surface area contributed by atoms with E-state index in [1.54, 1.807) is 73.8 Å². The number of amidine groups is 1. The molecule has 1 aliphatic rings. The van der Waals surface area contributed by atoms with Crippen molar-refractivity contribution in [3.8, 4) is 5.75 Å². The fraction of sp³-hybridized carbons (Fsp3) is 0.0435. The van der Waals surface area contributed by atoms with E-state index in [9.17, 15) is 14.9 Å². The van der Waals surface area contributed by atoms with Gasteiger partial charge in [-0.15, -0.1) is 0 Å². The predicted molar refractivity (Wildman–Crippen MR) is 120 cm³/mol. The SMILES string of the molecule is COc1ccc(N2C(=O)/C(=C\c3ccc([N+](=O)[O-])cc3)N=C2c2ccc(Cl)cc2)cc1. The Morgan fingerprint density at radius 2 is 1.65 bits per heavy atom. The minimum atomic E-state index is -0.472. The predicted octanol–water partition coefficient (Wildman–Crippen LogP) is 5.09. The number of hydrogen-bond acceptors (Lipinski definition) is 5. The summed E-state index contributed by atoms with van der Waals surface area (Å²) in [6, 6.07) is 20.0. The number of rotatable bonds is 5. The van der Waals surface area contributed by atoms with Gasteiger partial charge in [0, 0.05) is 22.7 Å². The van der Waals surface area contributed by atoms with Gasteiger partial charge in [-0.3, -0.25) is 19.8 Å². The first kappa shape index (κ1) is 20.3. The fourth-order valence-corrected chi connectivity index (χ4v) is 3.26. The van der Waals surface area contributed by atoms with Gasteiger partial charge in [0.05, 0.1) is 17.7 Å². The maximum absolute atomic E-state index is 13.3. The summed E-state index contributed by atoms with van der Waals surface area (Å²) in [5.74, 6) is 0.815. The zero-order valence-corrected chi connectivity index (χ0v) is 17.1. The highest BCUT2D eigenvalue weighted by atomic mass is 35.5. The first-order chi connectivity index (χ1) is 15.0. The smallest absolute Gasteiger partial charge is 0.282 e. The van der Waals surface area contributed by atoms with E-state index in [1.165, 1.54) is 17.0 Å². The number of carbonyl (C=O) groups excluding carboxylic acids is 1. The van der Waals surface area contributed by atoms with Gasteiger partial charge in [-0.1, -0.05) is 11.6 Å². The van der Waals surface area contributed by atoms with E-state index in [0.29, 0.717) is 27.9 Å². The minimum Gasteiger partial charge on any atom is -0.497 e. The Hall–Kier alpha value is -3.97. The molecule has 0 unspecified atom stereocenters. The summed E-state index contributed by atoms with van der Waals surface area (Å²) in [6.07, 6.45) is 1.60. The van der Waals surface area contributed by atoms with Crippen molar-refractivity contribution in [3.63, 3.8) is 0 Å². The highest BCUT2D eigenvalue weighted by Gasteiger charge is 2.32. The normalized spacial score (nSPS) is 14.6. The average Bonchev–Trinajstić information content (AvgIpc) is 3.10. The molecular formula is C23H16ClN3O4. The van der Waals surface area contributed by atoms with E-state index >= 15 is 0 Å². The van der Waals surface area contributed by atoms with Crippen molar-refractivity contribution in [2.24, 2.45) is 4.99 Å². The molecule has 0 aromatic heterocycles. The molecular weight excluding hydrogens is 418 g/mol. The molecule has 0 saturated heterocycles. The molecule has 1 heterocycles. The fourth-order valence-electron chi connectivity index (χ4n) is 3.13. The number of benzene rings is 3. The number of halogens is 1. The third-order valence-electron chi connectivity index (χ3n) is 4.70. The lowest BCUT2D eigenvalue weighted by atomic mass is 10.1. The first-order valence-corrected chi connectivity index (χ1v) is 9.63. The van der Waals surface area contributed by atoms with Gasteiger partial charge in [0.15, 0.2) is 0 Å². The molecule has 31 heavy (non-hydrogen) atoms. The van der Waals surface area contributed by atoms with Crippen molar-refractivity contribution in [1.29, 1.82) is 0 Å². The second-order valence-corrected chi connectivity index (χ2v) is 7.10. The van der Waals surface area contributed by atoms with Crippen molar-refractivity contribution in [1.82, 2.24) is 0 Å². The Labute approximate surface area is 183 Å². The van der Waals surface area contributed by atoms with Gasteiger partial charge < -0.3 is 4.74 Å². The Kier molecular flexibility index (Phi) is 5.51. The van der Waals surface area contributed by atoms with Crippen LogP contribution in [0, 0.1) is 10.1 Å². The van der Waals surface area contributed by atoms with Crippen LogP contribution in [-0.4, -0.2) is 23.8 Å². The molecule has 0 radical (unpaired) electrons. The molecule has 1 aliphatic heterocycles. The van der Waals surface area contributed by atoms with Crippen LogP contribution in [0.4, 0.5) is 11.4 Å². The average molecular weight is 434 g/mol. The van der Waals surface area contributed by atoms with Gasteiger partial charge in [-0.2, -0.15) is 0 Å². The van der Waals surface area contributed by atoms with Gasteiger partial charge in [0.1, 0.15) is 17.3 Å².